The molecular weight excluding hydrogens is 770 g/mol. The number of halogens is 3. The predicted molar refractivity (Wildman–Crippen MR) is 213 cm³/mol. The molecule has 3 aromatic rings. The molecule has 59 heavy (non-hydrogen) atoms. The Labute approximate surface area is 340 Å². The summed E-state index contributed by atoms with van der Waals surface area (Å²) >= 11 is 0. The van der Waals surface area contributed by atoms with E-state index in [0.717, 1.165) is 69.8 Å². The first-order valence-corrected chi connectivity index (χ1v) is 20.3. The number of carbonyl (C=O) groups excluding carboxylic acids is 2. The Morgan fingerprint density at radius 2 is 1.78 bits per heavy atom. The van der Waals surface area contributed by atoms with Gasteiger partial charge in [0.05, 0.1) is 42.1 Å². The molecule has 0 saturated carbocycles. The maximum absolute atomic E-state index is 13.8. The number of nitrogens with zero attached hydrogens (tertiary/aromatic N) is 5. The van der Waals surface area contributed by atoms with Crippen molar-refractivity contribution in [3.63, 3.8) is 0 Å². The van der Waals surface area contributed by atoms with Crippen molar-refractivity contribution in [3.8, 4) is 11.5 Å². The molecule has 2 aromatic carbocycles. The highest BCUT2D eigenvalue weighted by Crippen LogP contribution is 2.42. The summed E-state index contributed by atoms with van der Waals surface area (Å²) in [7, 11) is 1.57. The molecule has 7 atom stereocenters. The normalized spacial score (nSPS) is 27.3. The van der Waals surface area contributed by atoms with Crippen LogP contribution in [0.3, 0.4) is 0 Å². The van der Waals surface area contributed by atoms with Crippen molar-refractivity contribution in [1.82, 2.24) is 30.0 Å². The van der Waals surface area contributed by atoms with E-state index in [1.54, 1.807) is 33.1 Å². The number of nitrogens with one attached hydrogen (secondary N) is 2. The van der Waals surface area contributed by atoms with Crippen molar-refractivity contribution in [3.05, 3.63) is 71.2 Å². The van der Waals surface area contributed by atoms with Crippen LogP contribution in [0.1, 0.15) is 62.0 Å². The molecule has 316 valence electrons. The predicted octanol–water partition coefficient (Wildman–Crippen LogP) is 4.33. The third-order valence-electron chi connectivity index (χ3n) is 12.4. The van der Waals surface area contributed by atoms with Crippen LogP contribution in [0.5, 0.6) is 11.5 Å². The number of aliphatic hydroxyl groups excluding tert-OH is 2. The third-order valence-corrected chi connectivity index (χ3v) is 12.4. The van der Waals surface area contributed by atoms with Crippen LogP contribution in [0.2, 0.25) is 0 Å². The molecule has 0 spiro atoms. The molecule has 4 saturated heterocycles. The first-order chi connectivity index (χ1) is 28.2. The minimum atomic E-state index is -4.54. The van der Waals surface area contributed by atoms with Crippen molar-refractivity contribution < 1.29 is 42.4 Å². The number of ether oxygens (including phenoxy) is 2. The van der Waals surface area contributed by atoms with Gasteiger partial charge in [-0.2, -0.15) is 13.2 Å². The fraction of sp³-hybridized carbons (Fsp3) is 0.524. The lowest BCUT2D eigenvalue weighted by atomic mass is 9.85. The van der Waals surface area contributed by atoms with Crippen LogP contribution >= 0.6 is 0 Å². The molecule has 5 heterocycles. The lowest BCUT2D eigenvalue weighted by molar-refractivity contribution is -0.149. The molecule has 4 aliphatic heterocycles. The third kappa shape index (κ3) is 8.29. The topological polar surface area (TPSA) is 179 Å². The van der Waals surface area contributed by atoms with E-state index in [9.17, 15) is 33.0 Å². The summed E-state index contributed by atoms with van der Waals surface area (Å²) in [5.41, 5.74) is 6.86. The highest BCUT2D eigenvalue weighted by atomic mass is 19.4. The van der Waals surface area contributed by atoms with E-state index in [4.69, 9.17) is 15.2 Å². The second-order valence-corrected chi connectivity index (χ2v) is 16.4. The molecular formula is C42H51F3N8O6. The van der Waals surface area contributed by atoms with Crippen molar-refractivity contribution in [2.45, 2.75) is 82.8 Å². The zero-order valence-corrected chi connectivity index (χ0v) is 33.3. The van der Waals surface area contributed by atoms with E-state index in [2.05, 4.69) is 30.4 Å². The molecule has 1 aromatic heterocycles. The van der Waals surface area contributed by atoms with Crippen LogP contribution in [0.4, 0.5) is 24.7 Å². The average molecular weight is 821 g/mol. The number of aryl methyl sites for hydroxylation is 1. The minimum Gasteiger partial charge on any atom is -0.493 e. The summed E-state index contributed by atoms with van der Waals surface area (Å²) in [6, 6.07) is 5.84. The summed E-state index contributed by atoms with van der Waals surface area (Å²) in [5, 5.41) is 27.0. The molecule has 4 fully saturated rings. The van der Waals surface area contributed by atoms with E-state index in [1.807, 2.05) is 18.2 Å². The van der Waals surface area contributed by atoms with Gasteiger partial charge in [0.15, 0.2) is 11.5 Å². The van der Waals surface area contributed by atoms with Crippen LogP contribution in [0.25, 0.3) is 10.9 Å². The number of nitrogen functional groups attached to an aromatic ring is 1. The number of allylic oxidation sites excluding steroid dienone is 2. The highest BCUT2D eigenvalue weighted by molar-refractivity contribution is 6.08. The number of alkyl halides is 3. The van der Waals surface area contributed by atoms with Crippen molar-refractivity contribution in [1.29, 1.82) is 0 Å². The van der Waals surface area contributed by atoms with E-state index >= 15 is 0 Å². The number of carbonyl (C=O) groups is 2. The molecule has 5 aliphatic rings. The fourth-order valence-electron chi connectivity index (χ4n) is 9.34. The lowest BCUT2D eigenvalue weighted by Gasteiger charge is -2.39. The van der Waals surface area contributed by atoms with E-state index in [0.29, 0.717) is 58.4 Å². The molecule has 14 nitrogen and oxygen atoms in total. The molecule has 0 radical (unpaired) electrons. The number of hydrogen-bond acceptors (Lipinski definition) is 13. The van der Waals surface area contributed by atoms with Gasteiger partial charge in [0, 0.05) is 55.6 Å². The zero-order chi connectivity index (χ0) is 41.7. The van der Waals surface area contributed by atoms with Crippen LogP contribution in [0, 0.1) is 24.7 Å². The van der Waals surface area contributed by atoms with Gasteiger partial charge in [0.2, 0.25) is 11.8 Å². The van der Waals surface area contributed by atoms with Gasteiger partial charge in [0.25, 0.3) is 0 Å². The minimum absolute atomic E-state index is 0.0165. The quantitative estimate of drug-likeness (QED) is 0.144. The molecule has 1 aliphatic carbocycles. The second kappa shape index (κ2) is 16.2. The Balaban J connectivity index is 0.890. The van der Waals surface area contributed by atoms with Gasteiger partial charge in [0.1, 0.15) is 30.2 Å². The SMILES string of the molecule is COc1cc2nc(C)nc(N[C@H](C)c3cc(N)cc(C(F)(F)F)c3)c2cc1O[C@H]1CCN(CC2CCN(C3=CC=CC4C(=O)N(C5CCC(O)NC5O)C(=O)C34)CC2)C1. The number of amides is 2. The monoisotopic (exact) mass is 820 g/mol. The maximum atomic E-state index is 13.8. The Morgan fingerprint density at radius 3 is 2.51 bits per heavy atom. The zero-order valence-electron chi connectivity index (χ0n) is 33.3. The van der Waals surface area contributed by atoms with E-state index in [1.165, 1.54) is 11.0 Å². The highest BCUT2D eigenvalue weighted by Gasteiger charge is 2.54. The molecule has 2 amide bonds. The number of aromatic nitrogens is 2. The summed E-state index contributed by atoms with van der Waals surface area (Å²) < 4.78 is 53.0. The van der Waals surface area contributed by atoms with E-state index in [-0.39, 0.29) is 23.6 Å². The van der Waals surface area contributed by atoms with Gasteiger partial charge >= 0.3 is 6.18 Å². The Kier molecular flexibility index (Phi) is 11.2. The molecule has 17 heteroatoms. The van der Waals surface area contributed by atoms with Crippen molar-refractivity contribution >= 4 is 34.2 Å². The summed E-state index contributed by atoms with van der Waals surface area (Å²) in [4.78, 5) is 42.4. The standard InChI is InChI=1S/C42H51F3N8O6/c1-22(25-15-26(42(43,44)45)17-27(46)16-25)47-38-30-18-35(34(58-3)19-31(30)48-23(2)49-38)59-28-11-12-51(21-28)20-24-9-13-52(14-10-24)32-6-4-5-29-37(32)41(57)53(40(29)56)33-7-8-36(54)50-39(33)55/h4-6,15-19,22,24,28-29,33,36-37,39,50,54-55H,7-14,20-21,46H2,1-3H3,(H,47,48,49)/t22-,28+,29?,33?,36?,37?,39?/m1/s1. The van der Waals surface area contributed by atoms with Gasteiger partial charge in [-0.15, -0.1) is 0 Å². The van der Waals surface area contributed by atoms with Crippen LogP contribution in [-0.4, -0.2) is 111 Å². The van der Waals surface area contributed by atoms with E-state index < -0.39 is 48.1 Å². The number of likely N-dealkylation sites (tertiary alicyclic amines) is 3. The number of nitrogens with two attached hydrogens (primary N) is 1. The van der Waals surface area contributed by atoms with Gasteiger partial charge < -0.3 is 35.6 Å². The summed E-state index contributed by atoms with van der Waals surface area (Å²) in [5.74, 6) is 0.567. The molecule has 0 bridgehead atoms. The van der Waals surface area contributed by atoms with Crippen molar-refractivity contribution in [2.75, 3.05) is 50.9 Å². The van der Waals surface area contributed by atoms with Gasteiger partial charge in [-0.05, 0) is 87.8 Å². The Hall–Kier alpha value is -4.97. The van der Waals surface area contributed by atoms with Crippen LogP contribution in [0.15, 0.2) is 54.3 Å². The Morgan fingerprint density at radius 1 is 1.00 bits per heavy atom. The number of fused-ring (bicyclic) bond motifs is 2. The largest absolute Gasteiger partial charge is 0.493 e. The number of methoxy groups -OCH3 is 1. The number of benzene rings is 2. The lowest BCUT2D eigenvalue weighted by Crippen LogP contribution is -2.58. The molecule has 5 unspecified atom stereocenters. The smallest absolute Gasteiger partial charge is 0.416 e. The van der Waals surface area contributed by atoms with Gasteiger partial charge in [-0.1, -0.05) is 12.2 Å². The maximum Gasteiger partial charge on any atom is 0.416 e. The van der Waals surface area contributed by atoms with Crippen LogP contribution in [-0.2, 0) is 15.8 Å². The van der Waals surface area contributed by atoms with Gasteiger partial charge in [-0.3, -0.25) is 24.7 Å². The fourth-order valence-corrected chi connectivity index (χ4v) is 9.34. The first kappa shape index (κ1) is 40.8. The number of rotatable bonds is 10. The van der Waals surface area contributed by atoms with Crippen molar-refractivity contribution in [2.24, 2.45) is 17.8 Å². The number of hydrogen-bond donors (Lipinski definition) is 5. The summed E-state index contributed by atoms with van der Waals surface area (Å²) in [6.07, 6.45) is 2.20. The Bertz CT molecular complexity index is 2160. The van der Waals surface area contributed by atoms with Crippen LogP contribution < -0.4 is 25.8 Å². The second-order valence-electron chi connectivity index (χ2n) is 16.4. The molecule has 6 N–H and O–H groups in total. The number of imide groups is 1. The van der Waals surface area contributed by atoms with Gasteiger partial charge in [-0.25, -0.2) is 9.97 Å². The number of aliphatic hydroxyl groups is 2. The summed E-state index contributed by atoms with van der Waals surface area (Å²) in [6.45, 7) is 7.49. The average Bonchev–Trinajstić information content (AvgIpc) is 3.74. The number of piperidine rings is 2. The number of anilines is 2. The first-order valence-electron chi connectivity index (χ1n) is 20.3. The molecule has 8 rings (SSSR count).